The van der Waals surface area contributed by atoms with E-state index in [1.54, 1.807) is 36.3 Å². The first-order valence-electron chi connectivity index (χ1n) is 9.82. The molecule has 30 heavy (non-hydrogen) atoms. The van der Waals surface area contributed by atoms with Crippen LogP contribution >= 0.6 is 0 Å². The minimum Gasteiger partial charge on any atom is -0.507 e. The molecule has 3 N–H and O–H groups in total. The molecule has 6 heteroatoms. The Labute approximate surface area is 176 Å². The van der Waals surface area contributed by atoms with Crippen LogP contribution in [0.1, 0.15) is 35.7 Å². The van der Waals surface area contributed by atoms with E-state index < -0.39 is 0 Å². The van der Waals surface area contributed by atoms with Crippen molar-refractivity contribution < 1.29 is 14.7 Å². The van der Waals surface area contributed by atoms with Crippen molar-refractivity contribution >= 4 is 23.2 Å². The number of rotatable bonds is 7. The molecule has 3 aromatic rings. The molecular weight excluding hydrogens is 378 g/mol. The zero-order chi connectivity index (χ0) is 21.7. The number of carbonyl (C=O) groups excluding carboxylic acids is 2. The third-order valence-electron chi connectivity index (χ3n) is 5.05. The summed E-state index contributed by atoms with van der Waals surface area (Å²) in [6, 6.07) is 16.1. The number of nitrogens with zero attached hydrogens (tertiary/aromatic N) is 2. The van der Waals surface area contributed by atoms with E-state index in [1.807, 2.05) is 43.3 Å². The minimum atomic E-state index is -0.133. The van der Waals surface area contributed by atoms with E-state index in [2.05, 4.69) is 4.98 Å². The first-order chi connectivity index (χ1) is 14.4. The van der Waals surface area contributed by atoms with E-state index in [0.29, 0.717) is 24.2 Å². The van der Waals surface area contributed by atoms with Crippen molar-refractivity contribution in [2.75, 3.05) is 17.7 Å². The number of aromatic hydroxyl groups is 1. The second kappa shape index (κ2) is 9.22. The molecule has 0 fully saturated rings. The second-order valence-corrected chi connectivity index (χ2v) is 7.10. The van der Waals surface area contributed by atoms with Gasteiger partial charge in [0.05, 0.1) is 5.56 Å². The summed E-state index contributed by atoms with van der Waals surface area (Å²) in [7, 11) is 1.74. The lowest BCUT2D eigenvalue weighted by atomic mass is 9.98. The van der Waals surface area contributed by atoms with Crippen LogP contribution in [0.2, 0.25) is 0 Å². The van der Waals surface area contributed by atoms with Crippen molar-refractivity contribution in [2.24, 2.45) is 0 Å². The normalized spacial score (nSPS) is 10.6. The van der Waals surface area contributed by atoms with Gasteiger partial charge >= 0.3 is 0 Å². The molecule has 3 rings (SSSR count). The number of nitrogens with two attached hydrogens (primary N) is 1. The molecule has 0 atom stereocenters. The van der Waals surface area contributed by atoms with Gasteiger partial charge in [0.2, 0.25) is 5.91 Å². The van der Waals surface area contributed by atoms with Crippen LogP contribution in [0.3, 0.4) is 0 Å². The van der Waals surface area contributed by atoms with E-state index in [-0.39, 0.29) is 23.9 Å². The summed E-state index contributed by atoms with van der Waals surface area (Å²) in [6.45, 7) is 1.82. The van der Waals surface area contributed by atoms with E-state index in [4.69, 9.17) is 5.73 Å². The molecule has 1 amide bonds. The van der Waals surface area contributed by atoms with Gasteiger partial charge in [0, 0.05) is 31.8 Å². The van der Waals surface area contributed by atoms with Crippen LogP contribution in [0.5, 0.6) is 5.75 Å². The van der Waals surface area contributed by atoms with Gasteiger partial charge in [-0.2, -0.15) is 0 Å². The number of carbonyl (C=O) groups is 2. The number of Topliss-reactive ketones (excluding diaryl/α,β-unsaturated/α-hetero) is 1. The number of hydrogen-bond donors (Lipinski definition) is 2. The topological polar surface area (TPSA) is 96.5 Å². The summed E-state index contributed by atoms with van der Waals surface area (Å²) in [5, 5.41) is 10.4. The molecule has 1 heterocycles. The predicted molar refractivity (Wildman–Crippen MR) is 119 cm³/mol. The first-order valence-corrected chi connectivity index (χ1v) is 9.82. The molecule has 6 nitrogen and oxygen atoms in total. The van der Waals surface area contributed by atoms with E-state index in [0.717, 1.165) is 22.4 Å². The SMILES string of the molecule is CCC(=O)N(C)c1ccc(-c2ccc(C(=O)CCc3ccc(N)nc3)c(O)c2)cc1. The summed E-state index contributed by atoms with van der Waals surface area (Å²) >= 11 is 0. The molecule has 0 aliphatic heterocycles. The highest BCUT2D eigenvalue weighted by Crippen LogP contribution is 2.29. The number of benzene rings is 2. The van der Waals surface area contributed by atoms with Gasteiger partial charge in [-0.1, -0.05) is 31.2 Å². The fourth-order valence-electron chi connectivity index (χ4n) is 3.18. The Bertz CT molecular complexity index is 1040. The van der Waals surface area contributed by atoms with Crippen molar-refractivity contribution in [1.29, 1.82) is 0 Å². The molecule has 0 spiro atoms. The number of amides is 1. The number of nitrogen functional groups attached to an aromatic ring is 1. The Kier molecular flexibility index (Phi) is 6.47. The number of hydrogen-bond acceptors (Lipinski definition) is 5. The Morgan fingerprint density at radius 3 is 2.33 bits per heavy atom. The lowest BCUT2D eigenvalue weighted by molar-refractivity contribution is -0.118. The van der Waals surface area contributed by atoms with Gasteiger partial charge in [0.25, 0.3) is 0 Å². The Balaban J connectivity index is 1.70. The maximum atomic E-state index is 12.5. The lowest BCUT2D eigenvalue weighted by Gasteiger charge is -2.17. The van der Waals surface area contributed by atoms with Gasteiger partial charge in [-0.15, -0.1) is 0 Å². The molecule has 2 aromatic carbocycles. The molecule has 0 aliphatic rings. The maximum absolute atomic E-state index is 12.5. The summed E-state index contributed by atoms with van der Waals surface area (Å²) in [5.74, 6) is 0.300. The highest BCUT2D eigenvalue weighted by atomic mass is 16.3. The number of pyridine rings is 1. The Hall–Kier alpha value is -3.67. The summed E-state index contributed by atoms with van der Waals surface area (Å²) in [5.41, 5.74) is 9.27. The maximum Gasteiger partial charge on any atom is 0.226 e. The average molecular weight is 403 g/mol. The van der Waals surface area contributed by atoms with Crippen LogP contribution in [-0.4, -0.2) is 28.8 Å². The smallest absolute Gasteiger partial charge is 0.226 e. The third-order valence-corrected chi connectivity index (χ3v) is 5.05. The van der Waals surface area contributed by atoms with Crippen LogP contribution in [0, 0.1) is 0 Å². The number of aromatic nitrogens is 1. The Morgan fingerprint density at radius 1 is 1.03 bits per heavy atom. The molecule has 0 bridgehead atoms. The molecular formula is C24H25N3O3. The third kappa shape index (κ3) is 4.84. The van der Waals surface area contributed by atoms with E-state index >= 15 is 0 Å². The number of anilines is 2. The van der Waals surface area contributed by atoms with Crippen molar-refractivity contribution in [3.63, 3.8) is 0 Å². The van der Waals surface area contributed by atoms with Crippen molar-refractivity contribution in [3.8, 4) is 16.9 Å². The monoisotopic (exact) mass is 403 g/mol. The van der Waals surface area contributed by atoms with Crippen LogP contribution < -0.4 is 10.6 Å². The van der Waals surface area contributed by atoms with E-state index in [9.17, 15) is 14.7 Å². The Morgan fingerprint density at radius 2 is 1.73 bits per heavy atom. The molecule has 1 aromatic heterocycles. The lowest BCUT2D eigenvalue weighted by Crippen LogP contribution is -2.24. The zero-order valence-electron chi connectivity index (χ0n) is 17.1. The van der Waals surface area contributed by atoms with Gasteiger partial charge < -0.3 is 15.7 Å². The van der Waals surface area contributed by atoms with Crippen LogP contribution in [0.25, 0.3) is 11.1 Å². The zero-order valence-corrected chi connectivity index (χ0v) is 17.1. The number of aryl methyl sites for hydroxylation is 1. The van der Waals surface area contributed by atoms with Gasteiger partial charge in [-0.3, -0.25) is 9.59 Å². The van der Waals surface area contributed by atoms with Gasteiger partial charge in [-0.05, 0) is 53.4 Å². The van der Waals surface area contributed by atoms with Crippen LogP contribution in [0.4, 0.5) is 11.5 Å². The largest absolute Gasteiger partial charge is 0.507 e. The molecule has 0 radical (unpaired) electrons. The summed E-state index contributed by atoms with van der Waals surface area (Å²) < 4.78 is 0. The predicted octanol–water partition coefficient (Wildman–Crippen LogP) is 4.22. The average Bonchev–Trinajstić information content (AvgIpc) is 2.77. The quantitative estimate of drug-likeness (QED) is 0.576. The van der Waals surface area contributed by atoms with Crippen molar-refractivity contribution in [2.45, 2.75) is 26.2 Å². The molecule has 0 aliphatic carbocycles. The summed E-state index contributed by atoms with van der Waals surface area (Å²) in [4.78, 5) is 30.0. The fraction of sp³-hybridized carbons (Fsp3) is 0.208. The van der Waals surface area contributed by atoms with Gasteiger partial charge in [0.1, 0.15) is 11.6 Å². The summed E-state index contributed by atoms with van der Waals surface area (Å²) in [6.07, 6.45) is 2.89. The molecule has 154 valence electrons. The van der Waals surface area contributed by atoms with E-state index in [1.165, 1.54) is 0 Å². The van der Waals surface area contributed by atoms with Gasteiger partial charge in [0.15, 0.2) is 5.78 Å². The minimum absolute atomic E-state index is 0.0398. The molecule has 0 saturated carbocycles. The van der Waals surface area contributed by atoms with Crippen LogP contribution in [0.15, 0.2) is 60.8 Å². The highest BCUT2D eigenvalue weighted by molar-refractivity contribution is 5.99. The van der Waals surface area contributed by atoms with Crippen LogP contribution in [-0.2, 0) is 11.2 Å². The first kappa shape index (κ1) is 21.0. The fourth-order valence-corrected chi connectivity index (χ4v) is 3.18. The number of phenolic OH excluding ortho intramolecular Hbond substituents is 1. The van der Waals surface area contributed by atoms with Gasteiger partial charge in [-0.25, -0.2) is 4.98 Å². The molecule has 0 unspecified atom stereocenters. The number of phenols is 1. The van der Waals surface area contributed by atoms with Crippen molar-refractivity contribution in [1.82, 2.24) is 4.98 Å². The number of ketones is 1. The highest BCUT2D eigenvalue weighted by Gasteiger charge is 2.13. The standard InChI is InChI=1S/C24H25N3O3/c1-3-24(30)27(2)19-9-6-17(7-10-19)18-8-11-20(22(29)14-18)21(28)12-4-16-5-13-23(25)26-15-16/h5-11,13-15,29H,3-4,12H2,1-2H3,(H2,25,26). The second-order valence-electron chi connectivity index (χ2n) is 7.10. The molecule has 0 saturated heterocycles. The van der Waals surface area contributed by atoms with Crippen molar-refractivity contribution in [3.05, 3.63) is 71.9 Å².